The van der Waals surface area contributed by atoms with Crippen molar-refractivity contribution in [1.82, 2.24) is 10.2 Å². The number of nitrogens with zero attached hydrogens (tertiary/aromatic N) is 1. The fraction of sp³-hybridized carbons (Fsp3) is 1.00. The average Bonchev–Trinajstić information content (AvgIpc) is 2.35. The Hall–Kier alpha value is -0.290. The van der Waals surface area contributed by atoms with Crippen LogP contribution in [-0.2, 0) is 0 Å². The summed E-state index contributed by atoms with van der Waals surface area (Å²) < 4.78 is 38.1. The van der Waals surface area contributed by atoms with E-state index in [1.54, 1.807) is 6.92 Å². The fourth-order valence-corrected chi connectivity index (χ4v) is 3.24. The topological polar surface area (TPSA) is 15.3 Å². The van der Waals surface area contributed by atoms with E-state index < -0.39 is 18.6 Å². The lowest BCUT2D eigenvalue weighted by Crippen LogP contribution is -2.66. The molecule has 0 radical (unpaired) electrons. The second-order valence-electron chi connectivity index (χ2n) is 6.52. The van der Waals surface area contributed by atoms with Crippen molar-refractivity contribution in [2.45, 2.75) is 77.7 Å². The summed E-state index contributed by atoms with van der Waals surface area (Å²) in [6, 6.07) is -0.277. The lowest BCUT2D eigenvalue weighted by Gasteiger charge is -2.51. The molecule has 0 aromatic carbocycles. The summed E-state index contributed by atoms with van der Waals surface area (Å²) in [6.45, 7) is 11.6. The molecule has 1 rings (SSSR count). The van der Waals surface area contributed by atoms with Crippen LogP contribution in [0.25, 0.3) is 0 Å². The maximum Gasteiger partial charge on any atom is 0.390 e. The molecular formula is C15H29F3N2. The summed E-state index contributed by atoms with van der Waals surface area (Å²) in [6.07, 6.45) is -2.92. The van der Waals surface area contributed by atoms with Crippen molar-refractivity contribution in [2.75, 3.05) is 13.1 Å². The van der Waals surface area contributed by atoms with Crippen molar-refractivity contribution < 1.29 is 13.2 Å². The van der Waals surface area contributed by atoms with Crippen LogP contribution in [0.4, 0.5) is 13.2 Å². The van der Waals surface area contributed by atoms with Gasteiger partial charge in [-0.3, -0.25) is 4.90 Å². The highest BCUT2D eigenvalue weighted by molar-refractivity contribution is 4.99. The van der Waals surface area contributed by atoms with E-state index in [1.165, 1.54) is 0 Å². The van der Waals surface area contributed by atoms with Crippen LogP contribution in [0, 0.1) is 5.92 Å². The molecule has 0 aliphatic carbocycles. The summed E-state index contributed by atoms with van der Waals surface area (Å²) in [5.74, 6) is 0.352. The SMILES string of the molecule is CCC1(CC)CN(C(C)CC(F)(F)F)C(C(C)C)CN1. The van der Waals surface area contributed by atoms with Crippen LogP contribution < -0.4 is 5.32 Å². The molecule has 5 heteroatoms. The molecule has 1 aliphatic heterocycles. The Balaban J connectivity index is 2.88. The number of rotatable bonds is 5. The molecule has 120 valence electrons. The molecule has 0 aromatic heterocycles. The van der Waals surface area contributed by atoms with Gasteiger partial charge in [0, 0.05) is 30.7 Å². The van der Waals surface area contributed by atoms with E-state index in [1.807, 2.05) is 0 Å². The van der Waals surface area contributed by atoms with Gasteiger partial charge in [-0.15, -0.1) is 0 Å². The van der Waals surface area contributed by atoms with Crippen molar-refractivity contribution in [3.63, 3.8) is 0 Å². The van der Waals surface area contributed by atoms with Gasteiger partial charge in [0.1, 0.15) is 0 Å². The van der Waals surface area contributed by atoms with Gasteiger partial charge in [-0.05, 0) is 25.7 Å². The predicted molar refractivity (Wildman–Crippen MR) is 76.8 cm³/mol. The van der Waals surface area contributed by atoms with Gasteiger partial charge in [0.05, 0.1) is 6.42 Å². The zero-order valence-electron chi connectivity index (χ0n) is 13.3. The minimum atomic E-state index is -4.09. The van der Waals surface area contributed by atoms with Crippen molar-refractivity contribution in [1.29, 1.82) is 0 Å². The van der Waals surface area contributed by atoms with Gasteiger partial charge < -0.3 is 5.32 Å². The monoisotopic (exact) mass is 294 g/mol. The third-order valence-corrected chi connectivity index (χ3v) is 4.81. The molecule has 2 atom stereocenters. The first kappa shape index (κ1) is 17.8. The van der Waals surface area contributed by atoms with Crippen LogP contribution in [0.1, 0.15) is 53.9 Å². The molecule has 20 heavy (non-hydrogen) atoms. The molecule has 1 saturated heterocycles. The van der Waals surface area contributed by atoms with E-state index in [4.69, 9.17) is 0 Å². The van der Waals surface area contributed by atoms with Crippen molar-refractivity contribution >= 4 is 0 Å². The Morgan fingerprint density at radius 2 is 1.75 bits per heavy atom. The fourth-order valence-electron chi connectivity index (χ4n) is 3.24. The summed E-state index contributed by atoms with van der Waals surface area (Å²) in [4.78, 5) is 2.08. The second kappa shape index (κ2) is 6.65. The average molecular weight is 294 g/mol. The molecule has 1 aliphatic rings. The molecule has 1 heterocycles. The van der Waals surface area contributed by atoms with Crippen LogP contribution in [0.3, 0.4) is 0 Å². The third kappa shape index (κ3) is 4.35. The molecule has 0 bridgehead atoms. The van der Waals surface area contributed by atoms with Gasteiger partial charge in [-0.25, -0.2) is 0 Å². The van der Waals surface area contributed by atoms with E-state index >= 15 is 0 Å². The maximum atomic E-state index is 12.7. The number of halogens is 3. The summed E-state index contributed by atoms with van der Waals surface area (Å²) in [5, 5.41) is 3.59. The Morgan fingerprint density at radius 1 is 1.20 bits per heavy atom. The third-order valence-electron chi connectivity index (χ3n) is 4.81. The van der Waals surface area contributed by atoms with Gasteiger partial charge in [-0.1, -0.05) is 27.7 Å². The van der Waals surface area contributed by atoms with Crippen molar-refractivity contribution in [3.05, 3.63) is 0 Å². The minimum Gasteiger partial charge on any atom is -0.308 e. The van der Waals surface area contributed by atoms with Gasteiger partial charge in [0.25, 0.3) is 0 Å². The highest BCUT2D eigenvalue weighted by Crippen LogP contribution is 2.31. The maximum absolute atomic E-state index is 12.7. The molecule has 2 unspecified atom stereocenters. The van der Waals surface area contributed by atoms with E-state index in [2.05, 4.69) is 37.9 Å². The molecule has 0 amide bonds. The molecule has 0 aromatic rings. The molecule has 0 spiro atoms. The molecule has 2 nitrogen and oxygen atoms in total. The van der Waals surface area contributed by atoms with Gasteiger partial charge >= 0.3 is 6.18 Å². The normalized spacial score (nSPS) is 25.9. The Labute approximate surface area is 121 Å². The standard InChI is InChI=1S/C15H29F3N2/c1-6-14(7-2)10-20(12(5)8-15(16,17)18)13(9-19-14)11(3)4/h11-13,19H,6-10H2,1-5H3. The van der Waals surface area contributed by atoms with Crippen molar-refractivity contribution in [3.8, 4) is 0 Å². The van der Waals surface area contributed by atoms with Gasteiger partial charge in [0.15, 0.2) is 0 Å². The van der Waals surface area contributed by atoms with Gasteiger partial charge in [-0.2, -0.15) is 13.2 Å². The Morgan fingerprint density at radius 3 is 2.15 bits per heavy atom. The van der Waals surface area contributed by atoms with Crippen LogP contribution in [-0.4, -0.2) is 41.8 Å². The van der Waals surface area contributed by atoms with E-state index in [-0.39, 0.29) is 11.6 Å². The Bertz CT molecular complexity index is 298. The Kier molecular flexibility index (Phi) is 5.90. The second-order valence-corrected chi connectivity index (χ2v) is 6.52. The first-order chi connectivity index (χ1) is 9.14. The zero-order valence-corrected chi connectivity index (χ0v) is 13.3. The molecule has 0 saturated carbocycles. The van der Waals surface area contributed by atoms with Crippen LogP contribution >= 0.6 is 0 Å². The lowest BCUT2D eigenvalue weighted by molar-refractivity contribution is -0.151. The number of nitrogens with one attached hydrogen (secondary N) is 1. The van der Waals surface area contributed by atoms with Gasteiger partial charge in [0.2, 0.25) is 0 Å². The quantitative estimate of drug-likeness (QED) is 0.829. The van der Waals surface area contributed by atoms with E-state index in [0.717, 1.165) is 19.4 Å². The summed E-state index contributed by atoms with van der Waals surface area (Å²) in [5.41, 5.74) is -0.0365. The van der Waals surface area contributed by atoms with Crippen LogP contribution in [0.5, 0.6) is 0 Å². The molecule has 1 fully saturated rings. The summed E-state index contributed by atoms with van der Waals surface area (Å²) >= 11 is 0. The van der Waals surface area contributed by atoms with E-state index in [9.17, 15) is 13.2 Å². The van der Waals surface area contributed by atoms with Crippen molar-refractivity contribution in [2.24, 2.45) is 5.92 Å². The highest BCUT2D eigenvalue weighted by Gasteiger charge is 2.42. The van der Waals surface area contributed by atoms with Crippen LogP contribution in [0.15, 0.2) is 0 Å². The lowest BCUT2D eigenvalue weighted by atomic mass is 9.85. The first-order valence-corrected chi connectivity index (χ1v) is 7.71. The van der Waals surface area contributed by atoms with Crippen LogP contribution in [0.2, 0.25) is 0 Å². The minimum absolute atomic E-state index is 0.0365. The summed E-state index contributed by atoms with van der Waals surface area (Å²) in [7, 11) is 0. The number of piperazine rings is 1. The van der Waals surface area contributed by atoms with E-state index in [0.29, 0.717) is 12.5 Å². The zero-order chi connectivity index (χ0) is 15.6. The number of alkyl halides is 3. The largest absolute Gasteiger partial charge is 0.390 e. The smallest absolute Gasteiger partial charge is 0.308 e. The number of hydrogen-bond donors (Lipinski definition) is 1. The molecular weight excluding hydrogens is 265 g/mol. The molecule has 1 N–H and O–H groups in total. The highest BCUT2D eigenvalue weighted by atomic mass is 19.4. The number of hydrogen-bond acceptors (Lipinski definition) is 2. The predicted octanol–water partition coefficient (Wildman–Crippen LogP) is 3.82. The first-order valence-electron chi connectivity index (χ1n) is 7.71.